The zero-order valence-corrected chi connectivity index (χ0v) is 19.5. The number of likely N-dealkylation sites (tertiary alicyclic amines) is 1. The fourth-order valence-electron chi connectivity index (χ4n) is 4.58. The Morgan fingerprint density at radius 1 is 1.09 bits per heavy atom. The number of benzene rings is 1. The van der Waals surface area contributed by atoms with Crippen molar-refractivity contribution in [1.29, 1.82) is 0 Å². The zero-order chi connectivity index (χ0) is 22.2. The first-order valence-corrected chi connectivity index (χ1v) is 12.2. The SMILES string of the molecule is CN(Cc1ccncc1)C(Cc1ccccc1)C1CCN(C(=O)/C=C/c2cccs2)CC1. The third-order valence-electron chi connectivity index (χ3n) is 6.36. The van der Waals surface area contributed by atoms with Crippen LogP contribution in [-0.4, -0.2) is 46.9 Å². The fraction of sp³-hybridized carbons (Fsp3) is 0.333. The Labute approximate surface area is 195 Å². The lowest BCUT2D eigenvalue weighted by molar-refractivity contribution is -0.127. The number of pyridine rings is 1. The standard InChI is InChI=1S/C27H31N3OS/c1-29(21-23-11-15-28-16-12-23)26(20-22-6-3-2-4-7-22)24-13-17-30(18-14-24)27(31)10-9-25-8-5-19-32-25/h2-12,15-16,19,24,26H,13-14,17-18,20-21H2,1H3/b10-9+. The smallest absolute Gasteiger partial charge is 0.246 e. The van der Waals surface area contributed by atoms with Gasteiger partial charge in [0.1, 0.15) is 0 Å². The number of carbonyl (C=O) groups excluding carboxylic acids is 1. The number of hydrogen-bond donors (Lipinski definition) is 0. The minimum atomic E-state index is 0.126. The maximum Gasteiger partial charge on any atom is 0.246 e. The molecule has 1 fully saturated rings. The summed E-state index contributed by atoms with van der Waals surface area (Å²) < 4.78 is 0. The Hall–Kier alpha value is -2.76. The first-order chi connectivity index (χ1) is 15.7. The van der Waals surface area contributed by atoms with Crippen molar-refractivity contribution in [2.24, 2.45) is 5.92 Å². The Morgan fingerprint density at radius 2 is 1.84 bits per heavy atom. The van der Waals surface area contributed by atoms with E-state index in [0.29, 0.717) is 12.0 Å². The van der Waals surface area contributed by atoms with Crippen molar-refractivity contribution in [3.8, 4) is 0 Å². The highest BCUT2D eigenvalue weighted by molar-refractivity contribution is 7.10. The molecule has 1 atom stereocenters. The monoisotopic (exact) mass is 445 g/mol. The van der Waals surface area contributed by atoms with Gasteiger partial charge in [0, 0.05) is 49.0 Å². The molecule has 4 rings (SSSR count). The highest BCUT2D eigenvalue weighted by atomic mass is 32.1. The van der Waals surface area contributed by atoms with Crippen LogP contribution in [0.3, 0.4) is 0 Å². The normalized spacial score (nSPS) is 16.0. The number of likely N-dealkylation sites (N-methyl/N-ethyl adjacent to an activating group) is 1. The van der Waals surface area contributed by atoms with Crippen LogP contribution >= 0.6 is 11.3 Å². The van der Waals surface area contributed by atoms with Gasteiger partial charge < -0.3 is 4.90 Å². The van der Waals surface area contributed by atoms with Gasteiger partial charge in [-0.15, -0.1) is 11.3 Å². The third-order valence-corrected chi connectivity index (χ3v) is 7.20. The number of amides is 1. The van der Waals surface area contributed by atoms with Crippen molar-refractivity contribution in [2.75, 3.05) is 20.1 Å². The number of hydrogen-bond acceptors (Lipinski definition) is 4. The number of thiophene rings is 1. The Bertz CT molecular complexity index is 980. The van der Waals surface area contributed by atoms with Crippen molar-refractivity contribution in [3.63, 3.8) is 0 Å². The van der Waals surface area contributed by atoms with E-state index in [1.54, 1.807) is 17.4 Å². The van der Waals surface area contributed by atoms with E-state index in [4.69, 9.17) is 0 Å². The minimum Gasteiger partial charge on any atom is -0.339 e. The minimum absolute atomic E-state index is 0.126. The summed E-state index contributed by atoms with van der Waals surface area (Å²) in [5, 5.41) is 2.03. The molecule has 1 unspecified atom stereocenters. The van der Waals surface area contributed by atoms with E-state index in [1.807, 2.05) is 40.9 Å². The summed E-state index contributed by atoms with van der Waals surface area (Å²) in [6.07, 6.45) is 10.5. The lowest BCUT2D eigenvalue weighted by Crippen LogP contribution is -2.46. The highest BCUT2D eigenvalue weighted by Gasteiger charge is 2.30. The summed E-state index contributed by atoms with van der Waals surface area (Å²) in [7, 11) is 2.23. The zero-order valence-electron chi connectivity index (χ0n) is 18.6. The topological polar surface area (TPSA) is 36.4 Å². The van der Waals surface area contributed by atoms with Gasteiger partial charge in [0.15, 0.2) is 0 Å². The van der Waals surface area contributed by atoms with Crippen LogP contribution in [0.4, 0.5) is 0 Å². The molecule has 32 heavy (non-hydrogen) atoms. The molecule has 3 heterocycles. The molecular weight excluding hydrogens is 414 g/mol. The van der Waals surface area contributed by atoms with Crippen molar-refractivity contribution in [1.82, 2.24) is 14.8 Å². The molecule has 1 aromatic carbocycles. The number of piperidine rings is 1. The van der Waals surface area contributed by atoms with Crippen molar-refractivity contribution in [2.45, 2.75) is 31.8 Å². The summed E-state index contributed by atoms with van der Waals surface area (Å²) in [6.45, 7) is 2.56. The molecular formula is C27H31N3OS. The van der Waals surface area contributed by atoms with Crippen molar-refractivity contribution in [3.05, 3.63) is 94.5 Å². The van der Waals surface area contributed by atoms with E-state index < -0.39 is 0 Å². The molecule has 0 aliphatic carbocycles. The summed E-state index contributed by atoms with van der Waals surface area (Å²) in [5.74, 6) is 0.689. The number of nitrogens with zero attached hydrogens (tertiary/aromatic N) is 3. The van der Waals surface area contributed by atoms with E-state index in [2.05, 4.69) is 59.4 Å². The first-order valence-electron chi connectivity index (χ1n) is 11.3. The van der Waals surface area contributed by atoms with Crippen LogP contribution in [-0.2, 0) is 17.8 Å². The van der Waals surface area contributed by atoms with E-state index in [-0.39, 0.29) is 5.91 Å². The molecule has 0 saturated carbocycles. The average Bonchev–Trinajstić information content (AvgIpc) is 3.36. The molecule has 1 aliphatic rings. The average molecular weight is 446 g/mol. The Balaban J connectivity index is 1.40. The number of rotatable bonds is 8. The largest absolute Gasteiger partial charge is 0.339 e. The molecule has 166 valence electrons. The fourth-order valence-corrected chi connectivity index (χ4v) is 5.20. The summed E-state index contributed by atoms with van der Waals surface area (Å²) in [5.41, 5.74) is 2.66. The second-order valence-electron chi connectivity index (χ2n) is 8.54. The van der Waals surface area contributed by atoms with E-state index in [0.717, 1.165) is 43.8 Å². The molecule has 3 aromatic rings. The van der Waals surface area contributed by atoms with Crippen LogP contribution in [0.25, 0.3) is 6.08 Å². The number of carbonyl (C=O) groups is 1. The van der Waals surface area contributed by atoms with Gasteiger partial charge in [0.05, 0.1) is 0 Å². The maximum atomic E-state index is 12.7. The van der Waals surface area contributed by atoms with Gasteiger partial charge >= 0.3 is 0 Å². The predicted molar refractivity (Wildman–Crippen MR) is 132 cm³/mol. The van der Waals surface area contributed by atoms with Crippen molar-refractivity contribution >= 4 is 23.3 Å². The van der Waals surface area contributed by atoms with Crippen LogP contribution < -0.4 is 0 Å². The molecule has 2 aromatic heterocycles. The van der Waals surface area contributed by atoms with Crippen LogP contribution in [0.2, 0.25) is 0 Å². The Kier molecular flexibility index (Phi) is 7.86. The van der Waals surface area contributed by atoms with Gasteiger partial charge in [-0.3, -0.25) is 14.7 Å². The van der Waals surface area contributed by atoms with Gasteiger partial charge in [-0.1, -0.05) is 36.4 Å². The second-order valence-corrected chi connectivity index (χ2v) is 9.52. The van der Waals surface area contributed by atoms with Gasteiger partial charge in [0.2, 0.25) is 5.91 Å². The molecule has 4 nitrogen and oxygen atoms in total. The molecule has 0 N–H and O–H groups in total. The van der Waals surface area contributed by atoms with Crippen LogP contribution in [0, 0.1) is 5.92 Å². The predicted octanol–water partition coefficient (Wildman–Crippen LogP) is 5.14. The van der Waals surface area contributed by atoms with Gasteiger partial charge in [-0.05, 0) is 73.0 Å². The molecule has 0 bridgehead atoms. The van der Waals surface area contributed by atoms with Crippen LogP contribution in [0.15, 0.2) is 78.4 Å². The number of aromatic nitrogens is 1. The first kappa shape index (κ1) is 22.4. The summed E-state index contributed by atoms with van der Waals surface area (Å²) in [6, 6.07) is 19.4. The van der Waals surface area contributed by atoms with Gasteiger partial charge in [0.25, 0.3) is 0 Å². The highest BCUT2D eigenvalue weighted by Crippen LogP contribution is 2.27. The maximum absolute atomic E-state index is 12.7. The van der Waals surface area contributed by atoms with E-state index in [9.17, 15) is 4.79 Å². The van der Waals surface area contributed by atoms with Crippen LogP contribution in [0.1, 0.15) is 28.8 Å². The van der Waals surface area contributed by atoms with Gasteiger partial charge in [-0.2, -0.15) is 0 Å². The lowest BCUT2D eigenvalue weighted by atomic mass is 9.84. The molecule has 1 amide bonds. The van der Waals surface area contributed by atoms with Gasteiger partial charge in [-0.25, -0.2) is 0 Å². The summed E-state index contributed by atoms with van der Waals surface area (Å²) >= 11 is 1.65. The Morgan fingerprint density at radius 3 is 2.53 bits per heavy atom. The van der Waals surface area contributed by atoms with E-state index in [1.165, 1.54) is 11.1 Å². The molecule has 1 saturated heterocycles. The van der Waals surface area contributed by atoms with Crippen LogP contribution in [0.5, 0.6) is 0 Å². The van der Waals surface area contributed by atoms with Crippen molar-refractivity contribution < 1.29 is 4.79 Å². The molecule has 5 heteroatoms. The third kappa shape index (κ3) is 6.15. The summed E-state index contributed by atoms with van der Waals surface area (Å²) in [4.78, 5) is 22.4. The molecule has 0 spiro atoms. The lowest BCUT2D eigenvalue weighted by Gasteiger charge is -2.40. The molecule has 1 aliphatic heterocycles. The second kappa shape index (κ2) is 11.2. The molecule has 0 radical (unpaired) electrons. The quantitative estimate of drug-likeness (QED) is 0.451. The van der Waals surface area contributed by atoms with E-state index >= 15 is 0 Å².